The molecule has 1 aromatic rings. The number of hydrogen-bond donors (Lipinski definition) is 1. The lowest BCUT2D eigenvalue weighted by Gasteiger charge is -2.16. The molecule has 1 aromatic carbocycles. The smallest absolute Gasteiger partial charge is 0.338 e. The van der Waals surface area contributed by atoms with Crippen molar-refractivity contribution in [2.24, 2.45) is 0 Å². The number of carbonyl (C=O) groups excluding carboxylic acids is 3. The highest BCUT2D eigenvalue weighted by Gasteiger charge is 2.17. The third-order valence-corrected chi connectivity index (χ3v) is 3.11. The Morgan fingerprint density at radius 2 is 1.92 bits per heavy atom. The molecule has 0 saturated heterocycles. The van der Waals surface area contributed by atoms with Crippen molar-refractivity contribution in [1.29, 1.82) is 0 Å². The topological polar surface area (TPSA) is 94.2 Å². The summed E-state index contributed by atoms with van der Waals surface area (Å²) in [4.78, 5) is 36.2. The van der Waals surface area contributed by atoms with Crippen molar-refractivity contribution >= 4 is 17.8 Å². The number of carbonyl (C=O) groups is 3. The molecule has 0 aliphatic rings. The van der Waals surface area contributed by atoms with Crippen LogP contribution in [0.5, 0.6) is 11.5 Å². The Bertz CT molecular complexity index is 602. The van der Waals surface area contributed by atoms with Crippen molar-refractivity contribution in [3.63, 3.8) is 0 Å². The van der Waals surface area contributed by atoms with Crippen LogP contribution < -0.4 is 14.8 Å². The summed E-state index contributed by atoms with van der Waals surface area (Å²) in [6.07, 6.45) is 0. The van der Waals surface area contributed by atoms with Gasteiger partial charge in [-0.1, -0.05) is 0 Å². The average Bonchev–Trinajstić information content (AvgIpc) is 2.59. The van der Waals surface area contributed by atoms with Gasteiger partial charge < -0.3 is 24.4 Å². The van der Waals surface area contributed by atoms with Gasteiger partial charge in [-0.15, -0.1) is 0 Å². The van der Waals surface area contributed by atoms with Crippen LogP contribution in [0.2, 0.25) is 0 Å². The Balaban J connectivity index is 2.66. The third-order valence-electron chi connectivity index (χ3n) is 3.11. The summed E-state index contributed by atoms with van der Waals surface area (Å²) in [7, 11) is 4.42. The minimum atomic E-state index is -0.666. The number of amides is 2. The maximum Gasteiger partial charge on any atom is 0.338 e. The van der Waals surface area contributed by atoms with E-state index in [-0.39, 0.29) is 18.0 Å². The molecule has 0 heterocycles. The van der Waals surface area contributed by atoms with Crippen LogP contribution in [0.15, 0.2) is 18.2 Å². The van der Waals surface area contributed by atoms with E-state index >= 15 is 0 Å². The largest absolute Gasteiger partial charge is 0.493 e. The number of likely N-dealkylation sites (N-methyl/N-ethyl adjacent to an activating group) is 2. The molecule has 2 amide bonds. The Hall–Kier alpha value is -2.77. The molecule has 0 atom stereocenters. The maximum atomic E-state index is 12.0. The van der Waals surface area contributed by atoms with Gasteiger partial charge in [-0.05, 0) is 25.1 Å². The van der Waals surface area contributed by atoms with E-state index in [2.05, 4.69) is 5.32 Å². The van der Waals surface area contributed by atoms with Gasteiger partial charge >= 0.3 is 5.97 Å². The van der Waals surface area contributed by atoms with Gasteiger partial charge in [0, 0.05) is 14.1 Å². The predicted molar refractivity (Wildman–Crippen MR) is 86.1 cm³/mol. The molecule has 0 aromatic heterocycles. The van der Waals surface area contributed by atoms with E-state index in [1.54, 1.807) is 6.07 Å². The van der Waals surface area contributed by atoms with E-state index in [9.17, 15) is 14.4 Å². The highest BCUT2D eigenvalue weighted by Crippen LogP contribution is 2.28. The zero-order chi connectivity index (χ0) is 18.1. The zero-order valence-electron chi connectivity index (χ0n) is 14.3. The van der Waals surface area contributed by atoms with Crippen LogP contribution in [0, 0.1) is 0 Å². The zero-order valence-corrected chi connectivity index (χ0v) is 14.3. The maximum absolute atomic E-state index is 12.0. The standard InChI is InChI=1S/C16H22N2O6/c1-5-23-13-8-11(6-7-12(13)22-4)16(21)24-10-15(20)18(3)9-14(19)17-2/h6-8H,5,9-10H2,1-4H3,(H,17,19). The van der Waals surface area contributed by atoms with Crippen LogP contribution in [0.3, 0.4) is 0 Å². The van der Waals surface area contributed by atoms with E-state index < -0.39 is 18.5 Å². The molecule has 8 heteroatoms. The van der Waals surface area contributed by atoms with E-state index in [4.69, 9.17) is 14.2 Å². The third kappa shape index (κ3) is 5.45. The van der Waals surface area contributed by atoms with Crippen molar-refractivity contribution in [3.05, 3.63) is 23.8 Å². The Morgan fingerprint density at radius 1 is 1.21 bits per heavy atom. The molecular formula is C16H22N2O6. The molecule has 1 rings (SSSR count). The molecule has 0 aliphatic heterocycles. The minimum absolute atomic E-state index is 0.107. The lowest BCUT2D eigenvalue weighted by molar-refractivity contribution is -0.137. The minimum Gasteiger partial charge on any atom is -0.493 e. The van der Waals surface area contributed by atoms with Crippen molar-refractivity contribution in [1.82, 2.24) is 10.2 Å². The lowest BCUT2D eigenvalue weighted by Crippen LogP contribution is -2.39. The van der Waals surface area contributed by atoms with Crippen LogP contribution >= 0.6 is 0 Å². The van der Waals surface area contributed by atoms with Gasteiger partial charge in [0.2, 0.25) is 5.91 Å². The molecule has 1 N–H and O–H groups in total. The fourth-order valence-electron chi connectivity index (χ4n) is 1.78. The van der Waals surface area contributed by atoms with Crippen LogP contribution in [0.4, 0.5) is 0 Å². The Kier molecular flexibility index (Phi) is 7.54. The molecule has 0 fully saturated rings. The van der Waals surface area contributed by atoms with Crippen LogP contribution in [0.1, 0.15) is 17.3 Å². The summed E-state index contributed by atoms with van der Waals surface area (Å²) in [5.41, 5.74) is 0.237. The Morgan fingerprint density at radius 3 is 2.50 bits per heavy atom. The second-order valence-electron chi connectivity index (χ2n) is 4.80. The fraction of sp³-hybridized carbons (Fsp3) is 0.438. The number of nitrogens with one attached hydrogen (secondary N) is 1. The van der Waals surface area contributed by atoms with Crippen LogP contribution in [-0.4, -0.2) is 63.6 Å². The molecule has 0 spiro atoms. The summed E-state index contributed by atoms with van der Waals surface area (Å²) >= 11 is 0. The number of ether oxygens (including phenoxy) is 3. The van der Waals surface area contributed by atoms with Gasteiger partial charge in [0.05, 0.1) is 25.8 Å². The van der Waals surface area contributed by atoms with Gasteiger partial charge in [-0.25, -0.2) is 4.79 Å². The molecule has 8 nitrogen and oxygen atoms in total. The van der Waals surface area contributed by atoms with Crippen molar-refractivity contribution in [2.45, 2.75) is 6.92 Å². The first kappa shape index (κ1) is 19.3. The highest BCUT2D eigenvalue weighted by molar-refractivity contribution is 5.92. The quantitative estimate of drug-likeness (QED) is 0.692. The fourth-order valence-corrected chi connectivity index (χ4v) is 1.78. The van der Waals surface area contributed by atoms with Gasteiger partial charge in [0.25, 0.3) is 5.91 Å². The first-order valence-corrected chi connectivity index (χ1v) is 7.35. The van der Waals surface area contributed by atoms with E-state index in [0.717, 1.165) is 0 Å². The first-order chi connectivity index (χ1) is 11.4. The van der Waals surface area contributed by atoms with Crippen molar-refractivity contribution < 1.29 is 28.6 Å². The molecular weight excluding hydrogens is 316 g/mol. The second kappa shape index (κ2) is 9.39. The average molecular weight is 338 g/mol. The lowest BCUT2D eigenvalue weighted by atomic mass is 10.2. The molecule has 0 saturated carbocycles. The van der Waals surface area contributed by atoms with Crippen molar-refractivity contribution in [2.75, 3.05) is 41.0 Å². The van der Waals surface area contributed by atoms with E-state index in [1.165, 1.54) is 38.2 Å². The first-order valence-electron chi connectivity index (χ1n) is 7.35. The monoisotopic (exact) mass is 338 g/mol. The number of esters is 1. The van der Waals surface area contributed by atoms with Gasteiger partial charge in [-0.3, -0.25) is 9.59 Å². The van der Waals surface area contributed by atoms with Gasteiger partial charge in [0.1, 0.15) is 0 Å². The summed E-state index contributed by atoms with van der Waals surface area (Å²) in [5, 5.41) is 2.40. The van der Waals surface area contributed by atoms with Crippen LogP contribution in [0.25, 0.3) is 0 Å². The SMILES string of the molecule is CCOc1cc(C(=O)OCC(=O)N(C)CC(=O)NC)ccc1OC. The normalized spacial score (nSPS) is 9.83. The van der Waals surface area contributed by atoms with E-state index in [0.29, 0.717) is 18.1 Å². The van der Waals surface area contributed by atoms with Gasteiger partial charge in [0.15, 0.2) is 18.1 Å². The molecule has 132 valence electrons. The van der Waals surface area contributed by atoms with Gasteiger partial charge in [-0.2, -0.15) is 0 Å². The number of benzene rings is 1. The van der Waals surface area contributed by atoms with Crippen LogP contribution in [-0.2, 0) is 14.3 Å². The summed E-state index contributed by atoms with van der Waals surface area (Å²) in [5.74, 6) is -0.549. The molecule has 0 radical (unpaired) electrons. The number of hydrogen-bond acceptors (Lipinski definition) is 6. The number of rotatable bonds is 8. The molecule has 0 bridgehead atoms. The number of nitrogens with zero attached hydrogens (tertiary/aromatic N) is 1. The van der Waals surface area contributed by atoms with E-state index in [1.807, 2.05) is 6.92 Å². The molecule has 0 unspecified atom stereocenters. The number of methoxy groups -OCH3 is 1. The Labute approximate surface area is 140 Å². The summed E-state index contributed by atoms with van der Waals surface area (Å²) in [6.45, 7) is 1.66. The highest BCUT2D eigenvalue weighted by atomic mass is 16.5. The predicted octanol–water partition coefficient (Wildman–Crippen LogP) is 0.455. The van der Waals surface area contributed by atoms with Crippen molar-refractivity contribution in [3.8, 4) is 11.5 Å². The second-order valence-corrected chi connectivity index (χ2v) is 4.80. The summed E-state index contributed by atoms with van der Waals surface area (Å²) < 4.78 is 15.5. The summed E-state index contributed by atoms with van der Waals surface area (Å²) in [6, 6.07) is 4.59. The molecule has 0 aliphatic carbocycles. The molecule has 24 heavy (non-hydrogen) atoms.